The lowest BCUT2D eigenvalue weighted by Crippen LogP contribution is -2.26. The Kier molecular flexibility index (Phi) is 3.36. The van der Waals surface area contributed by atoms with Crippen LogP contribution >= 0.6 is 11.3 Å². The summed E-state index contributed by atoms with van der Waals surface area (Å²) in [5.41, 5.74) is 1.72. The highest BCUT2D eigenvalue weighted by molar-refractivity contribution is 7.11. The highest BCUT2D eigenvalue weighted by Gasteiger charge is 2.30. The van der Waals surface area contributed by atoms with E-state index in [0.717, 1.165) is 6.54 Å². The van der Waals surface area contributed by atoms with E-state index in [9.17, 15) is 0 Å². The van der Waals surface area contributed by atoms with Gasteiger partial charge in [0.15, 0.2) is 0 Å². The monoisotopic (exact) mass is 238 g/mol. The fraction of sp³-hybridized carbons (Fsp3) is 0.769. The van der Waals surface area contributed by atoms with Gasteiger partial charge in [-0.2, -0.15) is 0 Å². The summed E-state index contributed by atoms with van der Waals surface area (Å²) in [5, 5.41) is 4.88. The topological polar surface area (TPSA) is 24.9 Å². The van der Waals surface area contributed by atoms with Crippen LogP contribution in [0.15, 0.2) is 0 Å². The largest absolute Gasteiger partial charge is 0.308 e. The lowest BCUT2D eigenvalue weighted by atomic mass is 9.92. The van der Waals surface area contributed by atoms with Gasteiger partial charge in [-0.15, -0.1) is 11.3 Å². The summed E-state index contributed by atoms with van der Waals surface area (Å²) >= 11 is 1.82. The predicted molar refractivity (Wildman–Crippen MR) is 69.8 cm³/mol. The highest BCUT2D eigenvalue weighted by Crippen LogP contribution is 2.37. The van der Waals surface area contributed by atoms with Crippen molar-refractivity contribution in [3.8, 4) is 0 Å². The molecule has 1 aliphatic carbocycles. The van der Waals surface area contributed by atoms with E-state index in [2.05, 4.69) is 38.0 Å². The molecule has 0 amide bonds. The van der Waals surface area contributed by atoms with Gasteiger partial charge in [0, 0.05) is 17.5 Å². The molecule has 1 aliphatic rings. The zero-order chi connectivity index (χ0) is 11.8. The Morgan fingerprint density at radius 1 is 1.44 bits per heavy atom. The SMILES string of the molecule is Cc1nc(CNC2CCC(C)(C)C2)sc1C. The van der Waals surface area contributed by atoms with Crippen molar-refractivity contribution in [3.05, 3.63) is 15.6 Å². The quantitative estimate of drug-likeness (QED) is 0.872. The number of aromatic nitrogens is 1. The molecular weight excluding hydrogens is 216 g/mol. The van der Waals surface area contributed by atoms with Crippen molar-refractivity contribution in [2.75, 3.05) is 0 Å². The van der Waals surface area contributed by atoms with Crippen LogP contribution in [-0.2, 0) is 6.54 Å². The second kappa shape index (κ2) is 4.46. The van der Waals surface area contributed by atoms with Crippen LogP contribution in [0.1, 0.15) is 48.7 Å². The van der Waals surface area contributed by atoms with Crippen molar-refractivity contribution >= 4 is 11.3 Å². The van der Waals surface area contributed by atoms with Gasteiger partial charge in [-0.05, 0) is 38.5 Å². The van der Waals surface area contributed by atoms with Crippen LogP contribution < -0.4 is 5.32 Å². The maximum absolute atomic E-state index is 4.56. The van der Waals surface area contributed by atoms with Gasteiger partial charge in [0.05, 0.1) is 5.69 Å². The summed E-state index contributed by atoms with van der Waals surface area (Å²) in [6.07, 6.45) is 3.97. The molecule has 90 valence electrons. The van der Waals surface area contributed by atoms with Gasteiger partial charge in [-0.1, -0.05) is 13.8 Å². The molecule has 1 saturated carbocycles. The molecule has 0 aromatic carbocycles. The molecule has 1 unspecified atom stereocenters. The molecule has 1 heterocycles. The number of nitrogens with zero attached hydrogens (tertiary/aromatic N) is 1. The molecule has 1 N–H and O–H groups in total. The molecule has 0 radical (unpaired) electrons. The lowest BCUT2D eigenvalue weighted by molar-refractivity contribution is 0.364. The summed E-state index contributed by atoms with van der Waals surface area (Å²) in [5.74, 6) is 0. The van der Waals surface area contributed by atoms with E-state index in [1.807, 2.05) is 11.3 Å². The minimum Gasteiger partial charge on any atom is -0.308 e. The number of hydrogen-bond acceptors (Lipinski definition) is 3. The third-order valence-electron chi connectivity index (χ3n) is 3.58. The molecule has 0 aliphatic heterocycles. The zero-order valence-corrected chi connectivity index (χ0v) is 11.6. The van der Waals surface area contributed by atoms with Gasteiger partial charge in [-0.3, -0.25) is 0 Å². The zero-order valence-electron chi connectivity index (χ0n) is 10.8. The van der Waals surface area contributed by atoms with Gasteiger partial charge < -0.3 is 5.32 Å². The molecule has 16 heavy (non-hydrogen) atoms. The molecule has 2 rings (SSSR count). The van der Waals surface area contributed by atoms with Gasteiger partial charge in [-0.25, -0.2) is 4.98 Å². The van der Waals surface area contributed by atoms with Crippen LogP contribution in [0.3, 0.4) is 0 Å². The number of rotatable bonds is 3. The number of nitrogens with one attached hydrogen (secondary N) is 1. The molecular formula is C13H22N2S. The van der Waals surface area contributed by atoms with Crippen molar-refractivity contribution in [2.45, 2.75) is 59.5 Å². The fourth-order valence-electron chi connectivity index (χ4n) is 2.46. The second-order valence-electron chi connectivity index (χ2n) is 5.73. The summed E-state index contributed by atoms with van der Waals surface area (Å²) < 4.78 is 0. The van der Waals surface area contributed by atoms with Crippen molar-refractivity contribution in [1.29, 1.82) is 0 Å². The Bertz CT molecular complexity index is 349. The molecule has 1 aromatic heterocycles. The predicted octanol–water partition coefficient (Wildman–Crippen LogP) is 3.43. The lowest BCUT2D eigenvalue weighted by Gasteiger charge is -2.17. The van der Waals surface area contributed by atoms with E-state index < -0.39 is 0 Å². The Labute approximate surface area is 102 Å². The first-order chi connectivity index (χ1) is 7.46. The van der Waals surface area contributed by atoms with Gasteiger partial charge in [0.2, 0.25) is 0 Å². The first-order valence-electron chi connectivity index (χ1n) is 6.12. The van der Waals surface area contributed by atoms with Gasteiger partial charge >= 0.3 is 0 Å². The third kappa shape index (κ3) is 2.83. The maximum Gasteiger partial charge on any atom is 0.107 e. The molecule has 1 fully saturated rings. The molecule has 0 spiro atoms. The molecule has 0 saturated heterocycles. The average molecular weight is 238 g/mol. The van der Waals surface area contributed by atoms with Crippen LogP contribution in [0.2, 0.25) is 0 Å². The van der Waals surface area contributed by atoms with E-state index in [-0.39, 0.29) is 0 Å². The highest BCUT2D eigenvalue weighted by atomic mass is 32.1. The van der Waals surface area contributed by atoms with E-state index in [0.29, 0.717) is 11.5 Å². The average Bonchev–Trinajstić information content (AvgIpc) is 2.68. The number of aryl methyl sites for hydroxylation is 2. The van der Waals surface area contributed by atoms with Crippen molar-refractivity contribution in [2.24, 2.45) is 5.41 Å². The molecule has 1 atom stereocenters. The molecule has 0 bridgehead atoms. The Balaban J connectivity index is 1.84. The molecule has 2 nitrogen and oxygen atoms in total. The minimum atomic E-state index is 0.534. The molecule has 3 heteroatoms. The van der Waals surface area contributed by atoms with Crippen LogP contribution in [-0.4, -0.2) is 11.0 Å². The van der Waals surface area contributed by atoms with E-state index >= 15 is 0 Å². The Morgan fingerprint density at radius 3 is 2.69 bits per heavy atom. The third-order valence-corrected chi connectivity index (χ3v) is 4.66. The van der Waals surface area contributed by atoms with E-state index in [1.54, 1.807) is 0 Å². The summed E-state index contributed by atoms with van der Waals surface area (Å²) in [4.78, 5) is 5.91. The number of hydrogen-bond donors (Lipinski definition) is 1. The van der Waals surface area contributed by atoms with Gasteiger partial charge in [0.25, 0.3) is 0 Å². The number of thiazole rings is 1. The standard InChI is InChI=1S/C13H22N2S/c1-9-10(2)16-12(15-9)8-14-11-5-6-13(3,4)7-11/h11,14H,5-8H2,1-4H3. The molecule has 1 aromatic rings. The van der Waals surface area contributed by atoms with Crippen LogP contribution in [0.25, 0.3) is 0 Å². The fourth-order valence-corrected chi connectivity index (χ4v) is 3.34. The first-order valence-corrected chi connectivity index (χ1v) is 6.94. The van der Waals surface area contributed by atoms with E-state index in [1.165, 1.54) is 34.8 Å². The van der Waals surface area contributed by atoms with Crippen LogP contribution in [0.5, 0.6) is 0 Å². The minimum absolute atomic E-state index is 0.534. The van der Waals surface area contributed by atoms with Crippen LogP contribution in [0.4, 0.5) is 0 Å². The first kappa shape index (κ1) is 12.1. The summed E-state index contributed by atoms with van der Waals surface area (Å²) in [6, 6.07) is 0.694. The van der Waals surface area contributed by atoms with Crippen LogP contribution in [0, 0.1) is 19.3 Å². The van der Waals surface area contributed by atoms with Gasteiger partial charge in [0.1, 0.15) is 5.01 Å². The second-order valence-corrected chi connectivity index (χ2v) is 7.02. The van der Waals surface area contributed by atoms with Crippen molar-refractivity contribution < 1.29 is 0 Å². The Hall–Kier alpha value is -0.410. The maximum atomic E-state index is 4.56. The normalized spacial score (nSPS) is 23.9. The van der Waals surface area contributed by atoms with E-state index in [4.69, 9.17) is 0 Å². The van der Waals surface area contributed by atoms with Crippen molar-refractivity contribution in [1.82, 2.24) is 10.3 Å². The summed E-state index contributed by atoms with van der Waals surface area (Å²) in [6.45, 7) is 9.92. The smallest absolute Gasteiger partial charge is 0.107 e. The van der Waals surface area contributed by atoms with Crippen molar-refractivity contribution in [3.63, 3.8) is 0 Å². The Morgan fingerprint density at radius 2 is 2.19 bits per heavy atom. The summed E-state index contributed by atoms with van der Waals surface area (Å²) in [7, 11) is 0.